The molecule has 0 bridgehead atoms. The fraction of sp³-hybridized carbons (Fsp3) is 0.400. The van der Waals surface area contributed by atoms with Gasteiger partial charge in [-0.25, -0.2) is 0 Å². The molecule has 0 amide bonds. The van der Waals surface area contributed by atoms with Crippen LogP contribution in [0.2, 0.25) is 0 Å². The summed E-state index contributed by atoms with van der Waals surface area (Å²) in [6.45, 7) is 0. The standard InChI is InChI=1S/C10H13AsO2S2/c12-9-6-14-11(15-7-10(9)13)8-4-2-1-3-5-8/h1-5,9-10,12-13H,6-7H2/t9-,10+,11?. The van der Waals surface area contributed by atoms with Crippen molar-refractivity contribution in [2.75, 3.05) is 11.5 Å². The average molecular weight is 304 g/mol. The summed E-state index contributed by atoms with van der Waals surface area (Å²) in [5.74, 6) is 1.34. The van der Waals surface area contributed by atoms with Crippen molar-refractivity contribution >= 4 is 36.7 Å². The molecule has 1 aromatic carbocycles. The Hall–Kier alpha value is 0.398. The summed E-state index contributed by atoms with van der Waals surface area (Å²) in [5.41, 5.74) is 0. The first-order chi connectivity index (χ1) is 7.27. The summed E-state index contributed by atoms with van der Waals surface area (Å²) < 4.78 is 1.40. The minimum atomic E-state index is -1.16. The van der Waals surface area contributed by atoms with Gasteiger partial charge in [0, 0.05) is 0 Å². The molecular weight excluding hydrogens is 291 g/mol. The van der Waals surface area contributed by atoms with Gasteiger partial charge in [-0.2, -0.15) is 0 Å². The molecule has 1 unspecified atom stereocenters. The Balaban J connectivity index is 2.06. The number of benzene rings is 1. The van der Waals surface area contributed by atoms with E-state index in [0.29, 0.717) is 11.5 Å². The summed E-state index contributed by atoms with van der Waals surface area (Å²) >= 11 is -1.16. The zero-order chi connectivity index (χ0) is 10.7. The van der Waals surface area contributed by atoms with Crippen molar-refractivity contribution in [3.05, 3.63) is 30.3 Å². The fourth-order valence-electron chi connectivity index (χ4n) is 1.25. The molecule has 0 saturated carbocycles. The molecule has 5 heteroatoms. The van der Waals surface area contributed by atoms with Crippen molar-refractivity contribution < 1.29 is 10.2 Å². The maximum atomic E-state index is 9.56. The third kappa shape index (κ3) is 3.18. The predicted molar refractivity (Wildman–Crippen MR) is 68.8 cm³/mol. The van der Waals surface area contributed by atoms with Crippen molar-refractivity contribution in [3.63, 3.8) is 0 Å². The van der Waals surface area contributed by atoms with Gasteiger partial charge >= 0.3 is 101 Å². The van der Waals surface area contributed by atoms with Crippen LogP contribution in [0.25, 0.3) is 0 Å². The molecule has 2 rings (SSSR count). The van der Waals surface area contributed by atoms with Gasteiger partial charge in [0.25, 0.3) is 0 Å². The van der Waals surface area contributed by atoms with Gasteiger partial charge in [0.05, 0.1) is 0 Å². The van der Waals surface area contributed by atoms with Gasteiger partial charge < -0.3 is 0 Å². The van der Waals surface area contributed by atoms with Crippen molar-refractivity contribution in [3.8, 4) is 0 Å². The predicted octanol–water partition coefficient (Wildman–Crippen LogP) is 0.584. The number of aliphatic hydroxyl groups excluding tert-OH is 2. The molecule has 0 aromatic heterocycles. The molecule has 82 valence electrons. The van der Waals surface area contributed by atoms with Gasteiger partial charge in [0.15, 0.2) is 0 Å². The molecule has 2 N–H and O–H groups in total. The van der Waals surface area contributed by atoms with Gasteiger partial charge in [-0.05, 0) is 0 Å². The summed E-state index contributed by atoms with van der Waals surface area (Å²) in [7, 11) is 3.70. The first-order valence-electron chi connectivity index (χ1n) is 4.74. The molecule has 3 atom stereocenters. The van der Waals surface area contributed by atoms with Crippen LogP contribution in [0.1, 0.15) is 0 Å². The molecule has 1 saturated heterocycles. The molecule has 1 aliphatic rings. The Morgan fingerprint density at radius 2 is 1.53 bits per heavy atom. The molecule has 1 fully saturated rings. The van der Waals surface area contributed by atoms with E-state index in [2.05, 4.69) is 24.3 Å². The first kappa shape index (κ1) is 11.9. The van der Waals surface area contributed by atoms with E-state index in [0.717, 1.165) is 0 Å². The topological polar surface area (TPSA) is 40.5 Å². The van der Waals surface area contributed by atoms with E-state index in [1.54, 1.807) is 0 Å². The Labute approximate surface area is 101 Å². The molecular formula is C10H13AsO2S2. The molecule has 0 aliphatic carbocycles. The third-order valence-corrected chi connectivity index (χ3v) is 15.4. The van der Waals surface area contributed by atoms with Crippen LogP contribution < -0.4 is 4.35 Å². The van der Waals surface area contributed by atoms with Crippen LogP contribution >= 0.6 is 20.0 Å². The third-order valence-electron chi connectivity index (χ3n) is 2.14. The summed E-state index contributed by atoms with van der Waals surface area (Å²) in [4.78, 5) is 0. The van der Waals surface area contributed by atoms with Gasteiger partial charge in [-0.3, -0.25) is 0 Å². The minimum absolute atomic E-state index is 0.550. The average Bonchev–Trinajstić information content (AvgIpc) is 2.44. The van der Waals surface area contributed by atoms with E-state index in [-0.39, 0.29) is 0 Å². The van der Waals surface area contributed by atoms with Crippen LogP contribution in [-0.4, -0.2) is 46.3 Å². The van der Waals surface area contributed by atoms with Crippen LogP contribution in [0, 0.1) is 0 Å². The van der Waals surface area contributed by atoms with E-state index < -0.39 is 24.5 Å². The first-order valence-corrected chi connectivity index (χ1v) is 12.2. The van der Waals surface area contributed by atoms with Gasteiger partial charge in [-0.15, -0.1) is 0 Å². The van der Waals surface area contributed by atoms with Crippen molar-refractivity contribution in [2.45, 2.75) is 12.2 Å². The van der Waals surface area contributed by atoms with E-state index in [9.17, 15) is 10.2 Å². The molecule has 1 aromatic rings. The Kier molecular flexibility index (Phi) is 4.47. The van der Waals surface area contributed by atoms with E-state index >= 15 is 0 Å². The monoisotopic (exact) mass is 304 g/mol. The zero-order valence-corrected chi connectivity index (χ0v) is 11.6. The fourth-order valence-corrected chi connectivity index (χ4v) is 13.8. The van der Waals surface area contributed by atoms with Crippen LogP contribution in [0.5, 0.6) is 0 Å². The number of rotatable bonds is 1. The van der Waals surface area contributed by atoms with Crippen molar-refractivity contribution in [1.29, 1.82) is 0 Å². The number of hydrogen-bond acceptors (Lipinski definition) is 4. The van der Waals surface area contributed by atoms with Crippen LogP contribution in [0.3, 0.4) is 0 Å². The second kappa shape index (κ2) is 5.64. The van der Waals surface area contributed by atoms with Crippen LogP contribution in [0.4, 0.5) is 0 Å². The molecule has 15 heavy (non-hydrogen) atoms. The van der Waals surface area contributed by atoms with Crippen molar-refractivity contribution in [2.24, 2.45) is 0 Å². The summed E-state index contributed by atoms with van der Waals surface area (Å²) in [6, 6.07) is 10.5. The normalized spacial score (nSPS) is 32.3. The Bertz CT molecular complexity index is 298. The SMILES string of the molecule is O[C@@H]1CS[As](c2ccccc2)SC[C@@H]1O. The van der Waals surface area contributed by atoms with Crippen LogP contribution in [0.15, 0.2) is 30.3 Å². The number of aliphatic hydroxyl groups is 2. The number of hydrogen-bond donors (Lipinski definition) is 2. The van der Waals surface area contributed by atoms with E-state index in [1.165, 1.54) is 4.35 Å². The summed E-state index contributed by atoms with van der Waals surface area (Å²) in [6.07, 6.45) is -1.10. The maximum absolute atomic E-state index is 9.56. The van der Waals surface area contributed by atoms with Crippen LogP contribution in [-0.2, 0) is 0 Å². The van der Waals surface area contributed by atoms with Gasteiger partial charge in [-0.1, -0.05) is 0 Å². The van der Waals surface area contributed by atoms with E-state index in [1.807, 2.05) is 26.1 Å². The second-order valence-electron chi connectivity index (χ2n) is 3.32. The molecule has 0 spiro atoms. The zero-order valence-electron chi connectivity index (χ0n) is 8.11. The van der Waals surface area contributed by atoms with E-state index in [4.69, 9.17) is 0 Å². The Morgan fingerprint density at radius 3 is 2.07 bits per heavy atom. The second-order valence-corrected chi connectivity index (χ2v) is 14.9. The van der Waals surface area contributed by atoms with Gasteiger partial charge in [0.1, 0.15) is 0 Å². The summed E-state index contributed by atoms with van der Waals surface area (Å²) in [5, 5.41) is 19.1. The quantitative estimate of drug-likeness (QED) is 0.745. The van der Waals surface area contributed by atoms with Crippen molar-refractivity contribution in [1.82, 2.24) is 0 Å². The Morgan fingerprint density at radius 1 is 1.00 bits per heavy atom. The molecule has 2 nitrogen and oxygen atoms in total. The molecule has 0 radical (unpaired) electrons. The molecule has 1 aliphatic heterocycles. The molecule has 1 heterocycles. The van der Waals surface area contributed by atoms with Gasteiger partial charge in [0.2, 0.25) is 0 Å².